The standard InChI is InChI=1S/C17H19ClN2O2/c1-17(2,22)12-20(11-13-6-4-3-5-7-13)16(21)15-10-14(18)8-9-19-15/h3-10,22H,11-12H2,1-2H3. The third-order valence-electron chi connectivity index (χ3n) is 3.02. The lowest BCUT2D eigenvalue weighted by molar-refractivity contribution is 0.0277. The van der Waals surface area contributed by atoms with E-state index < -0.39 is 5.60 Å². The van der Waals surface area contributed by atoms with Crippen LogP contribution in [-0.2, 0) is 6.54 Å². The van der Waals surface area contributed by atoms with Crippen LogP contribution < -0.4 is 0 Å². The highest BCUT2D eigenvalue weighted by Crippen LogP contribution is 2.15. The molecule has 0 aliphatic rings. The molecule has 0 fully saturated rings. The van der Waals surface area contributed by atoms with E-state index in [9.17, 15) is 9.90 Å². The van der Waals surface area contributed by atoms with Crippen LogP contribution in [0.5, 0.6) is 0 Å². The van der Waals surface area contributed by atoms with Gasteiger partial charge >= 0.3 is 0 Å². The van der Waals surface area contributed by atoms with Crippen molar-refractivity contribution in [3.05, 3.63) is 64.9 Å². The molecule has 0 atom stereocenters. The summed E-state index contributed by atoms with van der Waals surface area (Å²) in [5, 5.41) is 10.5. The average Bonchev–Trinajstić information content (AvgIpc) is 2.45. The summed E-state index contributed by atoms with van der Waals surface area (Å²) in [7, 11) is 0. The predicted molar refractivity (Wildman–Crippen MR) is 86.7 cm³/mol. The fraction of sp³-hybridized carbons (Fsp3) is 0.294. The van der Waals surface area contributed by atoms with Crippen molar-refractivity contribution in [3.8, 4) is 0 Å². The number of aromatic nitrogens is 1. The van der Waals surface area contributed by atoms with Crippen LogP contribution in [0, 0.1) is 0 Å². The Morgan fingerprint density at radius 2 is 1.95 bits per heavy atom. The van der Waals surface area contributed by atoms with Gasteiger partial charge in [-0.15, -0.1) is 0 Å². The molecule has 0 saturated carbocycles. The van der Waals surface area contributed by atoms with Crippen LogP contribution in [0.2, 0.25) is 5.02 Å². The van der Waals surface area contributed by atoms with Crippen molar-refractivity contribution in [2.45, 2.75) is 26.0 Å². The molecule has 0 saturated heterocycles. The lowest BCUT2D eigenvalue weighted by Crippen LogP contribution is -2.42. The molecule has 4 nitrogen and oxygen atoms in total. The van der Waals surface area contributed by atoms with Gasteiger partial charge in [-0.3, -0.25) is 9.78 Å². The van der Waals surface area contributed by atoms with E-state index in [0.29, 0.717) is 11.6 Å². The van der Waals surface area contributed by atoms with Crippen molar-refractivity contribution in [2.75, 3.05) is 6.54 Å². The minimum Gasteiger partial charge on any atom is -0.389 e. The molecule has 1 aromatic heterocycles. The van der Waals surface area contributed by atoms with E-state index in [4.69, 9.17) is 11.6 Å². The zero-order chi connectivity index (χ0) is 16.2. The van der Waals surface area contributed by atoms with Crippen molar-refractivity contribution in [3.63, 3.8) is 0 Å². The lowest BCUT2D eigenvalue weighted by atomic mass is 10.1. The molecule has 0 bridgehead atoms. The van der Waals surface area contributed by atoms with Gasteiger partial charge in [0.2, 0.25) is 0 Å². The SMILES string of the molecule is CC(C)(O)CN(Cc1ccccc1)C(=O)c1cc(Cl)ccn1. The first-order valence-corrected chi connectivity index (χ1v) is 7.40. The number of aliphatic hydroxyl groups is 1. The molecule has 116 valence electrons. The topological polar surface area (TPSA) is 53.4 Å². The summed E-state index contributed by atoms with van der Waals surface area (Å²) in [5.74, 6) is -0.256. The molecule has 0 radical (unpaired) electrons. The van der Waals surface area contributed by atoms with Crippen LogP contribution in [0.4, 0.5) is 0 Å². The number of carbonyl (C=O) groups excluding carboxylic acids is 1. The summed E-state index contributed by atoms with van der Waals surface area (Å²) in [4.78, 5) is 18.3. The second-order valence-electron chi connectivity index (χ2n) is 5.82. The zero-order valence-corrected chi connectivity index (χ0v) is 13.4. The molecule has 22 heavy (non-hydrogen) atoms. The third-order valence-corrected chi connectivity index (χ3v) is 3.26. The molecule has 1 amide bonds. The highest BCUT2D eigenvalue weighted by Gasteiger charge is 2.24. The fourth-order valence-electron chi connectivity index (χ4n) is 2.15. The maximum absolute atomic E-state index is 12.7. The Morgan fingerprint density at radius 3 is 2.55 bits per heavy atom. The van der Waals surface area contributed by atoms with Gasteiger partial charge in [-0.2, -0.15) is 0 Å². The number of nitrogens with zero attached hydrogens (tertiary/aromatic N) is 2. The Bertz CT molecular complexity index is 639. The van der Waals surface area contributed by atoms with Gasteiger partial charge in [-0.05, 0) is 31.5 Å². The Hall–Kier alpha value is -1.91. The van der Waals surface area contributed by atoms with E-state index in [1.807, 2.05) is 30.3 Å². The molecule has 1 N–H and O–H groups in total. The summed E-state index contributed by atoms with van der Waals surface area (Å²) < 4.78 is 0. The average molecular weight is 319 g/mol. The largest absolute Gasteiger partial charge is 0.389 e. The number of benzene rings is 1. The number of hydrogen-bond acceptors (Lipinski definition) is 3. The number of rotatable bonds is 5. The summed E-state index contributed by atoms with van der Waals surface area (Å²) >= 11 is 5.93. The van der Waals surface area contributed by atoms with E-state index in [2.05, 4.69) is 4.98 Å². The van der Waals surface area contributed by atoms with E-state index in [1.54, 1.807) is 24.8 Å². The van der Waals surface area contributed by atoms with Crippen molar-refractivity contribution in [1.29, 1.82) is 0 Å². The molecule has 5 heteroatoms. The van der Waals surface area contributed by atoms with Gasteiger partial charge in [0.15, 0.2) is 0 Å². The smallest absolute Gasteiger partial charge is 0.272 e. The van der Waals surface area contributed by atoms with E-state index in [1.165, 1.54) is 12.3 Å². The number of pyridine rings is 1. The molecule has 1 aromatic carbocycles. The molecular weight excluding hydrogens is 300 g/mol. The second kappa shape index (κ2) is 6.90. The van der Waals surface area contributed by atoms with Crippen LogP contribution >= 0.6 is 11.6 Å². The maximum atomic E-state index is 12.7. The van der Waals surface area contributed by atoms with Gasteiger partial charge in [0.1, 0.15) is 5.69 Å². The second-order valence-corrected chi connectivity index (χ2v) is 6.25. The van der Waals surface area contributed by atoms with Crippen LogP contribution in [-0.4, -0.2) is 33.0 Å². The maximum Gasteiger partial charge on any atom is 0.272 e. The molecule has 2 aromatic rings. The molecule has 2 rings (SSSR count). The Morgan fingerprint density at radius 1 is 1.27 bits per heavy atom. The molecule has 0 aliphatic heterocycles. The van der Waals surface area contributed by atoms with Crippen molar-refractivity contribution in [1.82, 2.24) is 9.88 Å². The van der Waals surface area contributed by atoms with Gasteiger partial charge in [0.05, 0.1) is 5.60 Å². The quantitative estimate of drug-likeness (QED) is 0.921. The van der Waals surface area contributed by atoms with Gasteiger partial charge < -0.3 is 10.0 Å². The Kier molecular flexibility index (Phi) is 5.16. The van der Waals surface area contributed by atoms with Crippen LogP contribution in [0.1, 0.15) is 29.9 Å². The van der Waals surface area contributed by atoms with Gasteiger partial charge in [-0.1, -0.05) is 41.9 Å². The van der Waals surface area contributed by atoms with E-state index >= 15 is 0 Å². The molecule has 0 unspecified atom stereocenters. The first-order chi connectivity index (χ1) is 10.3. The normalized spacial score (nSPS) is 11.3. The van der Waals surface area contributed by atoms with Crippen molar-refractivity contribution in [2.24, 2.45) is 0 Å². The minimum absolute atomic E-state index is 0.203. The fourth-order valence-corrected chi connectivity index (χ4v) is 2.31. The predicted octanol–water partition coefficient (Wildman–Crippen LogP) is 3.15. The van der Waals surface area contributed by atoms with E-state index in [-0.39, 0.29) is 18.1 Å². The van der Waals surface area contributed by atoms with Gasteiger partial charge in [0, 0.05) is 24.3 Å². The lowest BCUT2D eigenvalue weighted by Gasteiger charge is -2.29. The van der Waals surface area contributed by atoms with Crippen LogP contribution in [0.25, 0.3) is 0 Å². The number of hydrogen-bond donors (Lipinski definition) is 1. The highest BCUT2D eigenvalue weighted by atomic mass is 35.5. The summed E-state index contributed by atoms with van der Waals surface area (Å²) in [5.41, 5.74) is 0.262. The van der Waals surface area contributed by atoms with Gasteiger partial charge in [0.25, 0.3) is 5.91 Å². The number of amides is 1. The summed E-state index contributed by atoms with van der Waals surface area (Å²) in [6.45, 7) is 3.94. The van der Waals surface area contributed by atoms with Crippen LogP contribution in [0.15, 0.2) is 48.7 Å². The van der Waals surface area contributed by atoms with Crippen LogP contribution in [0.3, 0.4) is 0 Å². The molecule has 0 aliphatic carbocycles. The zero-order valence-electron chi connectivity index (χ0n) is 12.7. The van der Waals surface area contributed by atoms with Gasteiger partial charge in [-0.25, -0.2) is 0 Å². The first-order valence-electron chi connectivity index (χ1n) is 7.02. The minimum atomic E-state index is -0.997. The molecule has 1 heterocycles. The number of carbonyl (C=O) groups is 1. The van der Waals surface area contributed by atoms with E-state index in [0.717, 1.165) is 5.56 Å². The first kappa shape index (κ1) is 16.5. The highest BCUT2D eigenvalue weighted by molar-refractivity contribution is 6.30. The third kappa shape index (κ3) is 4.83. The monoisotopic (exact) mass is 318 g/mol. The summed E-state index contributed by atoms with van der Waals surface area (Å²) in [6.07, 6.45) is 1.50. The number of halogens is 1. The summed E-state index contributed by atoms with van der Waals surface area (Å²) in [6, 6.07) is 12.8. The molecule has 0 spiro atoms. The Labute approximate surface area is 135 Å². The Balaban J connectivity index is 2.25. The van der Waals surface area contributed by atoms with Crippen molar-refractivity contribution < 1.29 is 9.90 Å². The van der Waals surface area contributed by atoms with Crippen molar-refractivity contribution >= 4 is 17.5 Å². The molecular formula is C17H19ClN2O2.